The molecule has 1 aromatic rings. The van der Waals surface area contributed by atoms with Crippen LogP contribution < -0.4 is 0 Å². The molecule has 0 spiro atoms. The first-order chi connectivity index (χ1) is 9.31. The van der Waals surface area contributed by atoms with Gasteiger partial charge in [-0.1, -0.05) is 24.6 Å². The summed E-state index contributed by atoms with van der Waals surface area (Å²) in [7, 11) is 1.28. The van der Waals surface area contributed by atoms with Crippen molar-refractivity contribution in [3.8, 4) is 0 Å². The zero-order valence-electron chi connectivity index (χ0n) is 10.9. The Bertz CT molecular complexity index is 561. The Morgan fingerprint density at radius 2 is 2.10 bits per heavy atom. The number of carboxylic acids is 1. The van der Waals surface area contributed by atoms with Gasteiger partial charge < -0.3 is 10.0 Å². The molecule has 0 heterocycles. The van der Waals surface area contributed by atoms with E-state index in [0.29, 0.717) is 0 Å². The monoisotopic (exact) mass is 300 g/mol. The fourth-order valence-corrected chi connectivity index (χ4v) is 2.06. The number of likely N-dealkylation sites (N-methyl/N-ethyl adjacent to an activating group) is 1. The third kappa shape index (κ3) is 3.05. The van der Waals surface area contributed by atoms with E-state index in [1.807, 2.05) is 0 Å². The van der Waals surface area contributed by atoms with Crippen LogP contribution in [0.25, 0.3) is 0 Å². The van der Waals surface area contributed by atoms with Gasteiger partial charge in [0.15, 0.2) is 0 Å². The predicted octanol–water partition coefficient (Wildman–Crippen LogP) is 2.18. The Morgan fingerprint density at radius 3 is 2.55 bits per heavy atom. The lowest BCUT2D eigenvalue weighted by molar-refractivity contribution is -0.385. The highest BCUT2D eigenvalue weighted by Crippen LogP contribution is 2.28. The Morgan fingerprint density at radius 1 is 1.50 bits per heavy atom. The van der Waals surface area contributed by atoms with Gasteiger partial charge in [0.05, 0.1) is 9.95 Å². The number of rotatable bonds is 5. The van der Waals surface area contributed by atoms with Crippen LogP contribution in [0.5, 0.6) is 0 Å². The van der Waals surface area contributed by atoms with Gasteiger partial charge in [-0.25, -0.2) is 4.79 Å². The molecule has 1 unspecified atom stereocenters. The van der Waals surface area contributed by atoms with Crippen LogP contribution in [0.1, 0.15) is 23.7 Å². The topological polar surface area (TPSA) is 101 Å². The molecule has 0 bridgehead atoms. The minimum atomic E-state index is -1.18. The molecule has 1 atom stereocenters. The molecule has 0 aliphatic heterocycles. The molecule has 0 radical (unpaired) electrons. The van der Waals surface area contributed by atoms with Gasteiger partial charge in [-0.05, 0) is 12.5 Å². The molecule has 108 valence electrons. The highest BCUT2D eigenvalue weighted by atomic mass is 35.5. The highest BCUT2D eigenvalue weighted by Gasteiger charge is 2.31. The van der Waals surface area contributed by atoms with E-state index in [1.165, 1.54) is 19.2 Å². The van der Waals surface area contributed by atoms with Gasteiger partial charge in [0.2, 0.25) is 0 Å². The quantitative estimate of drug-likeness (QED) is 0.663. The summed E-state index contributed by atoms with van der Waals surface area (Å²) in [5, 5.41) is 19.9. The molecule has 0 aliphatic rings. The molecule has 20 heavy (non-hydrogen) atoms. The number of halogens is 1. The van der Waals surface area contributed by atoms with E-state index < -0.39 is 28.5 Å². The minimum absolute atomic E-state index is 0.0868. The van der Waals surface area contributed by atoms with Gasteiger partial charge in [0, 0.05) is 13.1 Å². The number of nitrogens with zero attached hydrogens (tertiary/aromatic N) is 2. The molecule has 0 saturated heterocycles. The summed E-state index contributed by atoms with van der Waals surface area (Å²) in [5.74, 6) is -1.98. The first kappa shape index (κ1) is 15.9. The van der Waals surface area contributed by atoms with Crippen molar-refractivity contribution in [1.82, 2.24) is 4.90 Å². The zero-order valence-corrected chi connectivity index (χ0v) is 11.6. The van der Waals surface area contributed by atoms with Crippen molar-refractivity contribution < 1.29 is 19.6 Å². The van der Waals surface area contributed by atoms with Crippen molar-refractivity contribution in [2.45, 2.75) is 19.4 Å². The maximum Gasteiger partial charge on any atom is 0.326 e. The molecule has 0 aromatic heterocycles. The highest BCUT2D eigenvalue weighted by molar-refractivity contribution is 6.34. The van der Waals surface area contributed by atoms with Gasteiger partial charge >= 0.3 is 5.97 Å². The third-order valence-electron chi connectivity index (χ3n) is 2.86. The minimum Gasteiger partial charge on any atom is -0.480 e. The van der Waals surface area contributed by atoms with E-state index in [0.717, 1.165) is 11.0 Å². The molecule has 1 aromatic carbocycles. The summed E-state index contributed by atoms with van der Waals surface area (Å²) in [5.41, 5.74) is -0.754. The fraction of sp³-hybridized carbons (Fsp3) is 0.333. The summed E-state index contributed by atoms with van der Waals surface area (Å²) in [6.07, 6.45) is 0.176. The van der Waals surface area contributed by atoms with E-state index in [4.69, 9.17) is 16.7 Å². The van der Waals surface area contributed by atoms with Crippen molar-refractivity contribution in [2.75, 3.05) is 7.05 Å². The maximum atomic E-state index is 12.3. The number of nitro groups is 1. The first-order valence-electron chi connectivity index (χ1n) is 5.74. The lowest BCUT2D eigenvalue weighted by atomic mass is 10.1. The van der Waals surface area contributed by atoms with Crippen LogP contribution in [-0.2, 0) is 4.79 Å². The van der Waals surface area contributed by atoms with Crippen molar-refractivity contribution >= 4 is 29.2 Å². The number of benzene rings is 1. The SMILES string of the molecule is CCC(C(=O)O)N(C)C(=O)c1c(Cl)cccc1[N+](=O)[O-]. The number of nitro benzene ring substituents is 1. The van der Waals surface area contributed by atoms with E-state index in [2.05, 4.69) is 0 Å². The van der Waals surface area contributed by atoms with Gasteiger partial charge in [0.25, 0.3) is 11.6 Å². The number of carboxylic acid groups (broad SMARTS) is 1. The van der Waals surface area contributed by atoms with Crippen LogP contribution in [0.2, 0.25) is 5.02 Å². The number of hydrogen-bond acceptors (Lipinski definition) is 4. The summed E-state index contributed by atoms with van der Waals surface area (Å²) in [6.45, 7) is 1.60. The van der Waals surface area contributed by atoms with Crippen molar-refractivity contribution in [1.29, 1.82) is 0 Å². The number of carbonyl (C=O) groups excluding carboxylic acids is 1. The molecule has 0 saturated carbocycles. The van der Waals surface area contributed by atoms with E-state index in [1.54, 1.807) is 6.92 Å². The second kappa shape index (κ2) is 6.33. The van der Waals surface area contributed by atoms with E-state index in [-0.39, 0.29) is 17.0 Å². The van der Waals surface area contributed by atoms with E-state index in [9.17, 15) is 19.7 Å². The number of aliphatic carboxylic acids is 1. The summed E-state index contributed by atoms with van der Waals surface area (Å²) >= 11 is 5.84. The molecule has 1 N–H and O–H groups in total. The molecular weight excluding hydrogens is 288 g/mol. The summed E-state index contributed by atoms with van der Waals surface area (Å²) in [4.78, 5) is 34.5. The van der Waals surface area contributed by atoms with Crippen LogP contribution in [-0.4, -0.2) is 39.9 Å². The molecule has 8 heteroatoms. The zero-order chi connectivity index (χ0) is 15.4. The molecular formula is C12H13ClN2O5. The molecule has 7 nitrogen and oxygen atoms in total. The van der Waals surface area contributed by atoms with E-state index >= 15 is 0 Å². The van der Waals surface area contributed by atoms with Gasteiger partial charge in [-0.3, -0.25) is 14.9 Å². The Labute approximate surface area is 119 Å². The summed E-state index contributed by atoms with van der Waals surface area (Å²) in [6, 6.07) is 2.77. The van der Waals surface area contributed by atoms with Gasteiger partial charge in [0.1, 0.15) is 11.6 Å². The normalized spacial score (nSPS) is 11.8. The second-order valence-electron chi connectivity index (χ2n) is 4.07. The predicted molar refractivity (Wildman–Crippen MR) is 71.9 cm³/mol. The number of hydrogen-bond donors (Lipinski definition) is 1. The largest absolute Gasteiger partial charge is 0.480 e. The molecule has 1 amide bonds. The van der Waals surface area contributed by atoms with Crippen LogP contribution in [0, 0.1) is 10.1 Å². The van der Waals surface area contributed by atoms with Crippen LogP contribution in [0.4, 0.5) is 5.69 Å². The number of amides is 1. The molecule has 1 rings (SSSR count). The average molecular weight is 301 g/mol. The van der Waals surface area contributed by atoms with Crippen molar-refractivity contribution in [3.63, 3.8) is 0 Å². The van der Waals surface area contributed by atoms with Crippen LogP contribution in [0.15, 0.2) is 18.2 Å². The Kier molecular flexibility index (Phi) is 5.04. The smallest absolute Gasteiger partial charge is 0.326 e. The van der Waals surface area contributed by atoms with Gasteiger partial charge in [-0.15, -0.1) is 0 Å². The van der Waals surface area contributed by atoms with Crippen molar-refractivity contribution in [2.24, 2.45) is 0 Å². The lowest BCUT2D eigenvalue weighted by Crippen LogP contribution is -2.42. The van der Waals surface area contributed by atoms with Crippen molar-refractivity contribution in [3.05, 3.63) is 38.9 Å². The Hall–Kier alpha value is -2.15. The average Bonchev–Trinajstić information content (AvgIpc) is 2.37. The number of carbonyl (C=O) groups is 2. The lowest BCUT2D eigenvalue weighted by Gasteiger charge is -2.24. The van der Waals surface area contributed by atoms with Crippen LogP contribution >= 0.6 is 11.6 Å². The first-order valence-corrected chi connectivity index (χ1v) is 6.11. The molecule has 0 aliphatic carbocycles. The van der Waals surface area contributed by atoms with Gasteiger partial charge in [-0.2, -0.15) is 0 Å². The Balaban J connectivity index is 3.28. The second-order valence-corrected chi connectivity index (χ2v) is 4.48. The molecule has 0 fully saturated rings. The van der Waals surface area contributed by atoms with Crippen LogP contribution in [0.3, 0.4) is 0 Å². The fourth-order valence-electron chi connectivity index (χ4n) is 1.81. The maximum absolute atomic E-state index is 12.3. The third-order valence-corrected chi connectivity index (χ3v) is 3.18. The summed E-state index contributed by atoms with van der Waals surface area (Å²) < 4.78 is 0. The standard InChI is InChI=1S/C12H13ClN2O5/c1-3-8(12(17)18)14(2)11(16)10-7(13)5-4-6-9(10)15(19)20/h4-6,8H,3H2,1-2H3,(H,17,18).